The lowest BCUT2D eigenvalue weighted by Gasteiger charge is -2.42. The molecule has 2 aromatic heterocycles. The molecule has 1 amide bonds. The quantitative estimate of drug-likeness (QED) is 0.123. The monoisotopic (exact) mass is 703 g/mol. The maximum Gasteiger partial charge on any atom is 0.457 e. The van der Waals surface area contributed by atoms with Crippen molar-refractivity contribution in [3.05, 3.63) is 15.6 Å². The van der Waals surface area contributed by atoms with Gasteiger partial charge in [-0.2, -0.15) is 0 Å². The van der Waals surface area contributed by atoms with Crippen LogP contribution in [0.3, 0.4) is 0 Å². The number of hydrogen-bond acceptors (Lipinski definition) is 9. The molecule has 0 N–H and O–H groups in total. The van der Waals surface area contributed by atoms with Gasteiger partial charge >= 0.3 is 13.2 Å². The normalized spacial score (nSPS) is 19.8. The van der Waals surface area contributed by atoms with Gasteiger partial charge in [0, 0.05) is 25.7 Å². The molecular formula is C29H45BBrClFN5O4S. The molecule has 2 aliphatic rings. The van der Waals surface area contributed by atoms with Crippen molar-refractivity contribution in [1.29, 1.82) is 0 Å². The zero-order chi connectivity index (χ0) is 32.3. The Balaban J connectivity index is 0.00000248. The van der Waals surface area contributed by atoms with E-state index in [4.69, 9.17) is 30.6 Å². The first-order valence-electron chi connectivity index (χ1n) is 15.0. The standard InChI is InChI=1S/C27H39BBrClFN5O4S.C2H6/c1-9-41-23-32-19-17(20(29)33-21(30)18(19)31)22(34-23)36-14-13-35(24(37)38-25(2,3)4)15-16(36)11-10-12-28-39-26(5,6)27(7,8)40-28;1-2/h16H,9-15H2,1-8H3;1-2H3. The molecule has 0 spiro atoms. The second-order valence-corrected chi connectivity index (χ2v) is 14.7. The number of thioether (sulfide) groups is 1. The van der Waals surface area contributed by atoms with Gasteiger partial charge in [-0.25, -0.2) is 24.1 Å². The minimum atomic E-state index is -0.684. The average molecular weight is 705 g/mol. The number of rotatable bonds is 7. The number of hydrogen-bond donors (Lipinski definition) is 0. The van der Waals surface area contributed by atoms with Crippen LogP contribution in [0, 0.1) is 5.82 Å². The highest BCUT2D eigenvalue weighted by atomic mass is 79.9. The van der Waals surface area contributed by atoms with E-state index in [1.807, 2.05) is 69.2 Å². The second-order valence-electron chi connectivity index (χ2n) is 12.4. The summed E-state index contributed by atoms with van der Waals surface area (Å²) >= 11 is 11.0. The summed E-state index contributed by atoms with van der Waals surface area (Å²) in [6.07, 6.45) is 1.83. The molecule has 0 aromatic carbocycles. The lowest BCUT2D eigenvalue weighted by Crippen LogP contribution is -2.56. The first-order valence-corrected chi connectivity index (χ1v) is 17.1. The molecule has 0 radical (unpaired) electrons. The minimum Gasteiger partial charge on any atom is -0.444 e. The van der Waals surface area contributed by atoms with Gasteiger partial charge in [0.2, 0.25) is 0 Å². The van der Waals surface area contributed by atoms with Gasteiger partial charge in [-0.3, -0.25) is 0 Å². The van der Waals surface area contributed by atoms with E-state index in [1.54, 1.807) is 4.90 Å². The topological polar surface area (TPSA) is 89.9 Å². The summed E-state index contributed by atoms with van der Waals surface area (Å²) in [6.45, 7) is 21.0. The van der Waals surface area contributed by atoms with E-state index >= 15 is 4.39 Å². The van der Waals surface area contributed by atoms with Crippen LogP contribution in [0.2, 0.25) is 11.5 Å². The van der Waals surface area contributed by atoms with Crippen LogP contribution in [-0.2, 0) is 14.0 Å². The van der Waals surface area contributed by atoms with Gasteiger partial charge in [0.1, 0.15) is 21.5 Å². The Morgan fingerprint density at radius 2 is 1.79 bits per heavy atom. The highest BCUT2D eigenvalue weighted by Gasteiger charge is 2.50. The molecule has 1 atom stereocenters. The Hall–Kier alpha value is -1.41. The van der Waals surface area contributed by atoms with Gasteiger partial charge < -0.3 is 23.8 Å². The summed E-state index contributed by atoms with van der Waals surface area (Å²) in [5, 5.41) is 0.651. The summed E-state index contributed by atoms with van der Waals surface area (Å²) in [7, 11) is -0.319. The Morgan fingerprint density at radius 3 is 2.37 bits per heavy atom. The van der Waals surface area contributed by atoms with Gasteiger partial charge in [-0.1, -0.05) is 50.6 Å². The molecule has 2 saturated heterocycles. The van der Waals surface area contributed by atoms with E-state index in [0.29, 0.717) is 53.3 Å². The molecule has 0 aliphatic carbocycles. The highest BCUT2D eigenvalue weighted by molar-refractivity contribution is 9.10. The summed E-state index contributed by atoms with van der Waals surface area (Å²) in [5.74, 6) is 0.595. The Morgan fingerprint density at radius 1 is 1.16 bits per heavy atom. The lowest BCUT2D eigenvalue weighted by molar-refractivity contribution is 0.00578. The van der Waals surface area contributed by atoms with Crippen LogP contribution in [0.1, 0.15) is 82.1 Å². The molecular weight excluding hydrogens is 660 g/mol. The minimum absolute atomic E-state index is 0.114. The van der Waals surface area contributed by atoms with E-state index in [0.717, 1.165) is 12.2 Å². The Kier molecular flexibility index (Phi) is 12.0. The van der Waals surface area contributed by atoms with E-state index in [9.17, 15) is 4.79 Å². The van der Waals surface area contributed by atoms with Gasteiger partial charge in [-0.15, -0.1) is 0 Å². The zero-order valence-electron chi connectivity index (χ0n) is 27.0. The highest BCUT2D eigenvalue weighted by Crippen LogP contribution is 2.40. The number of amides is 1. The maximum absolute atomic E-state index is 15.2. The number of anilines is 1. The third kappa shape index (κ3) is 8.45. The largest absolute Gasteiger partial charge is 0.457 e. The van der Waals surface area contributed by atoms with Gasteiger partial charge in [0.15, 0.2) is 16.1 Å². The van der Waals surface area contributed by atoms with Crippen molar-refractivity contribution >= 4 is 69.2 Å². The first-order chi connectivity index (χ1) is 20.0. The number of carbonyl (C=O) groups excluding carboxylic acids is 1. The second kappa shape index (κ2) is 14.4. The number of fused-ring (bicyclic) bond motifs is 1. The van der Waals surface area contributed by atoms with Crippen molar-refractivity contribution in [3.8, 4) is 0 Å². The van der Waals surface area contributed by atoms with Crippen molar-refractivity contribution in [2.24, 2.45) is 0 Å². The number of halogens is 3. The van der Waals surface area contributed by atoms with Crippen LogP contribution in [0.15, 0.2) is 9.76 Å². The number of ether oxygens (including phenoxy) is 1. The van der Waals surface area contributed by atoms with E-state index in [-0.39, 0.29) is 29.9 Å². The predicted octanol–water partition coefficient (Wildman–Crippen LogP) is 8.02. The smallest absolute Gasteiger partial charge is 0.444 e. The summed E-state index contributed by atoms with van der Waals surface area (Å²) in [6, 6.07) is -0.137. The van der Waals surface area contributed by atoms with Crippen molar-refractivity contribution in [3.63, 3.8) is 0 Å². The number of aromatic nitrogens is 3. The van der Waals surface area contributed by atoms with Crippen LogP contribution < -0.4 is 4.90 Å². The molecule has 2 aromatic rings. The van der Waals surface area contributed by atoms with Crippen molar-refractivity contribution in [2.75, 3.05) is 30.3 Å². The molecule has 43 heavy (non-hydrogen) atoms. The summed E-state index contributed by atoms with van der Waals surface area (Å²) in [4.78, 5) is 30.4. The van der Waals surface area contributed by atoms with Crippen molar-refractivity contribution < 1.29 is 23.2 Å². The van der Waals surface area contributed by atoms with Crippen LogP contribution in [0.5, 0.6) is 0 Å². The summed E-state index contributed by atoms with van der Waals surface area (Å²) < 4.78 is 33.7. The van der Waals surface area contributed by atoms with E-state index in [2.05, 4.69) is 30.8 Å². The number of nitrogens with zero attached hydrogens (tertiary/aromatic N) is 5. The molecule has 0 bridgehead atoms. The zero-order valence-corrected chi connectivity index (χ0v) is 30.2. The third-order valence-electron chi connectivity index (χ3n) is 7.62. The third-order valence-corrected chi connectivity index (χ3v) is 9.17. The number of pyridine rings is 1. The molecule has 2 fully saturated rings. The van der Waals surface area contributed by atoms with Gasteiger partial charge in [-0.05, 0) is 82.9 Å². The van der Waals surface area contributed by atoms with Gasteiger partial charge in [0.05, 0.1) is 16.6 Å². The molecule has 14 heteroatoms. The SMILES string of the molecule is CC.CCSc1nc(N2CCN(C(=O)OC(C)(C)C)CC2CCCB2OC(C)(C)C(C)(C)O2)c2c(Br)nc(Cl)c(F)c2n1. The molecule has 4 rings (SSSR count). The van der Waals surface area contributed by atoms with Crippen molar-refractivity contribution in [2.45, 2.75) is 116 Å². The maximum atomic E-state index is 15.2. The number of piperazine rings is 1. The molecule has 240 valence electrons. The fourth-order valence-electron chi connectivity index (χ4n) is 4.94. The number of carbonyl (C=O) groups is 1. The fraction of sp³-hybridized carbons (Fsp3) is 0.724. The van der Waals surface area contributed by atoms with Crippen LogP contribution in [-0.4, -0.2) is 81.3 Å². The van der Waals surface area contributed by atoms with E-state index < -0.39 is 22.6 Å². The van der Waals surface area contributed by atoms with Crippen molar-refractivity contribution in [1.82, 2.24) is 19.9 Å². The summed E-state index contributed by atoms with van der Waals surface area (Å²) in [5.41, 5.74) is -1.30. The molecule has 4 heterocycles. The van der Waals surface area contributed by atoms with Crippen LogP contribution in [0.25, 0.3) is 10.9 Å². The fourth-order valence-corrected chi connectivity index (χ4v) is 6.33. The Bertz CT molecular complexity index is 1290. The molecule has 2 aliphatic heterocycles. The Labute approximate surface area is 273 Å². The molecule has 0 saturated carbocycles. The van der Waals surface area contributed by atoms with Gasteiger partial charge in [0.25, 0.3) is 0 Å². The van der Waals surface area contributed by atoms with E-state index in [1.165, 1.54) is 11.8 Å². The van der Waals surface area contributed by atoms with Crippen LogP contribution in [0.4, 0.5) is 15.0 Å². The van der Waals surface area contributed by atoms with Crippen LogP contribution >= 0.6 is 39.3 Å². The molecule has 1 unspecified atom stereocenters. The first kappa shape index (κ1) is 36.1. The predicted molar refractivity (Wildman–Crippen MR) is 177 cm³/mol. The molecule has 9 nitrogen and oxygen atoms in total. The average Bonchev–Trinajstić information content (AvgIpc) is 3.12. The lowest BCUT2D eigenvalue weighted by atomic mass is 9.81.